The summed E-state index contributed by atoms with van der Waals surface area (Å²) in [7, 11) is 3.44. The normalized spacial score (nSPS) is 11.8. The quantitative estimate of drug-likeness (QED) is 0.543. The SMILES string of the molecule is COc1cc(CC(C)c2ccccc2)cc(OC)c1-c1cccc(C)c1. The molecule has 1 unspecified atom stereocenters. The third kappa shape index (κ3) is 3.91. The van der Waals surface area contributed by atoms with Gasteiger partial charge in [0.05, 0.1) is 19.8 Å². The lowest BCUT2D eigenvalue weighted by Crippen LogP contribution is -2.01. The van der Waals surface area contributed by atoms with Crippen molar-refractivity contribution in [3.05, 3.63) is 83.4 Å². The molecule has 0 bridgehead atoms. The first-order valence-corrected chi connectivity index (χ1v) is 8.99. The van der Waals surface area contributed by atoms with Crippen LogP contribution in [0, 0.1) is 6.92 Å². The maximum Gasteiger partial charge on any atom is 0.130 e. The third-order valence-electron chi connectivity index (χ3n) is 4.78. The summed E-state index contributed by atoms with van der Waals surface area (Å²) < 4.78 is 11.5. The number of benzene rings is 3. The van der Waals surface area contributed by atoms with E-state index < -0.39 is 0 Å². The highest BCUT2D eigenvalue weighted by Crippen LogP contribution is 2.40. The van der Waals surface area contributed by atoms with Gasteiger partial charge in [0.15, 0.2) is 0 Å². The number of ether oxygens (including phenoxy) is 2. The summed E-state index contributed by atoms with van der Waals surface area (Å²) in [5, 5.41) is 0. The standard InChI is InChI=1S/C24H26O2/c1-17-9-8-12-21(13-17)24-22(25-3)15-19(16-23(24)26-4)14-18(2)20-10-6-5-7-11-20/h5-13,15-16,18H,14H2,1-4H3. The van der Waals surface area contributed by atoms with E-state index in [2.05, 4.69) is 80.6 Å². The fourth-order valence-electron chi connectivity index (χ4n) is 3.42. The van der Waals surface area contributed by atoms with Crippen molar-refractivity contribution < 1.29 is 9.47 Å². The Morgan fingerprint density at radius 2 is 1.46 bits per heavy atom. The van der Waals surface area contributed by atoms with E-state index in [-0.39, 0.29) is 0 Å². The Labute approximate surface area is 156 Å². The predicted octanol–water partition coefficient (Wildman–Crippen LogP) is 6.03. The second-order valence-corrected chi connectivity index (χ2v) is 6.76. The molecule has 3 rings (SSSR count). The van der Waals surface area contributed by atoms with Crippen LogP contribution in [-0.2, 0) is 6.42 Å². The molecule has 26 heavy (non-hydrogen) atoms. The summed E-state index contributed by atoms with van der Waals surface area (Å²) in [5.41, 5.74) is 5.89. The Morgan fingerprint density at radius 1 is 0.808 bits per heavy atom. The van der Waals surface area contributed by atoms with Crippen LogP contribution < -0.4 is 9.47 Å². The van der Waals surface area contributed by atoms with Gasteiger partial charge in [-0.2, -0.15) is 0 Å². The molecule has 0 amide bonds. The van der Waals surface area contributed by atoms with E-state index in [1.165, 1.54) is 16.7 Å². The minimum Gasteiger partial charge on any atom is -0.496 e. The first-order chi connectivity index (χ1) is 12.6. The highest BCUT2D eigenvalue weighted by atomic mass is 16.5. The maximum absolute atomic E-state index is 5.73. The van der Waals surface area contributed by atoms with Gasteiger partial charge in [0.1, 0.15) is 11.5 Å². The summed E-state index contributed by atoms with van der Waals surface area (Å²) >= 11 is 0. The molecule has 2 nitrogen and oxygen atoms in total. The van der Waals surface area contributed by atoms with Crippen molar-refractivity contribution in [2.24, 2.45) is 0 Å². The van der Waals surface area contributed by atoms with Crippen LogP contribution in [0.25, 0.3) is 11.1 Å². The lowest BCUT2D eigenvalue weighted by atomic mass is 9.92. The van der Waals surface area contributed by atoms with Gasteiger partial charge in [-0.25, -0.2) is 0 Å². The first kappa shape index (κ1) is 18.1. The van der Waals surface area contributed by atoms with Crippen molar-refractivity contribution in [3.63, 3.8) is 0 Å². The Hall–Kier alpha value is -2.74. The Balaban J connectivity index is 1.99. The second kappa shape index (κ2) is 8.09. The molecule has 0 aliphatic heterocycles. The molecule has 0 aromatic heterocycles. The third-order valence-corrected chi connectivity index (χ3v) is 4.78. The van der Waals surface area contributed by atoms with Gasteiger partial charge in [-0.1, -0.05) is 67.1 Å². The van der Waals surface area contributed by atoms with Crippen LogP contribution in [0.15, 0.2) is 66.7 Å². The van der Waals surface area contributed by atoms with Crippen LogP contribution in [-0.4, -0.2) is 14.2 Å². The summed E-state index contributed by atoms with van der Waals surface area (Å²) in [4.78, 5) is 0. The maximum atomic E-state index is 5.73. The van der Waals surface area contributed by atoms with E-state index in [0.717, 1.165) is 29.0 Å². The Bertz CT molecular complexity index is 843. The van der Waals surface area contributed by atoms with Gasteiger partial charge in [0.25, 0.3) is 0 Å². The molecule has 3 aromatic carbocycles. The fraction of sp³-hybridized carbons (Fsp3) is 0.250. The van der Waals surface area contributed by atoms with Crippen molar-refractivity contribution in [2.75, 3.05) is 14.2 Å². The zero-order chi connectivity index (χ0) is 18.5. The summed E-state index contributed by atoms with van der Waals surface area (Å²) in [6.07, 6.45) is 0.935. The molecular weight excluding hydrogens is 320 g/mol. The fourth-order valence-corrected chi connectivity index (χ4v) is 3.42. The minimum absolute atomic E-state index is 0.426. The minimum atomic E-state index is 0.426. The predicted molar refractivity (Wildman–Crippen MR) is 108 cm³/mol. The highest BCUT2D eigenvalue weighted by Gasteiger charge is 2.16. The van der Waals surface area contributed by atoms with Crippen LogP contribution in [0.4, 0.5) is 0 Å². The zero-order valence-corrected chi connectivity index (χ0v) is 16.0. The summed E-state index contributed by atoms with van der Waals surface area (Å²) in [6.45, 7) is 4.35. The average molecular weight is 346 g/mol. The van der Waals surface area contributed by atoms with Crippen LogP contribution in [0.5, 0.6) is 11.5 Å². The van der Waals surface area contributed by atoms with Crippen molar-refractivity contribution >= 4 is 0 Å². The van der Waals surface area contributed by atoms with E-state index in [4.69, 9.17) is 9.47 Å². The number of hydrogen-bond donors (Lipinski definition) is 0. The van der Waals surface area contributed by atoms with Crippen LogP contribution >= 0.6 is 0 Å². The number of methoxy groups -OCH3 is 2. The van der Waals surface area contributed by atoms with E-state index in [1.54, 1.807) is 14.2 Å². The van der Waals surface area contributed by atoms with E-state index >= 15 is 0 Å². The number of hydrogen-bond acceptors (Lipinski definition) is 2. The smallest absolute Gasteiger partial charge is 0.130 e. The lowest BCUT2D eigenvalue weighted by molar-refractivity contribution is 0.396. The molecule has 0 heterocycles. The van der Waals surface area contributed by atoms with E-state index in [1.807, 2.05) is 0 Å². The Kier molecular flexibility index (Phi) is 5.62. The van der Waals surface area contributed by atoms with Gasteiger partial charge in [-0.05, 0) is 48.1 Å². The summed E-state index contributed by atoms with van der Waals surface area (Å²) in [6, 6.07) is 23.3. The van der Waals surface area contributed by atoms with Crippen molar-refractivity contribution in [3.8, 4) is 22.6 Å². The molecule has 0 aliphatic carbocycles. The highest BCUT2D eigenvalue weighted by molar-refractivity contribution is 5.78. The van der Waals surface area contributed by atoms with Gasteiger partial charge in [-0.15, -0.1) is 0 Å². The lowest BCUT2D eigenvalue weighted by Gasteiger charge is -2.18. The monoisotopic (exact) mass is 346 g/mol. The van der Waals surface area contributed by atoms with Gasteiger partial charge < -0.3 is 9.47 Å². The van der Waals surface area contributed by atoms with E-state index in [9.17, 15) is 0 Å². The van der Waals surface area contributed by atoms with Gasteiger partial charge in [0.2, 0.25) is 0 Å². The molecule has 0 aliphatic rings. The topological polar surface area (TPSA) is 18.5 Å². The molecule has 0 spiro atoms. The zero-order valence-electron chi connectivity index (χ0n) is 16.0. The molecule has 2 heteroatoms. The van der Waals surface area contributed by atoms with Crippen LogP contribution in [0.2, 0.25) is 0 Å². The molecule has 0 saturated carbocycles. The van der Waals surface area contributed by atoms with E-state index in [0.29, 0.717) is 5.92 Å². The first-order valence-electron chi connectivity index (χ1n) is 8.99. The molecule has 1 atom stereocenters. The van der Waals surface area contributed by atoms with Crippen molar-refractivity contribution in [2.45, 2.75) is 26.2 Å². The second-order valence-electron chi connectivity index (χ2n) is 6.76. The van der Waals surface area contributed by atoms with Gasteiger partial charge in [0, 0.05) is 0 Å². The molecular formula is C24H26O2. The largest absolute Gasteiger partial charge is 0.496 e. The molecule has 0 N–H and O–H groups in total. The molecule has 134 valence electrons. The Morgan fingerprint density at radius 3 is 2.04 bits per heavy atom. The number of rotatable bonds is 6. The molecule has 0 radical (unpaired) electrons. The molecule has 0 fully saturated rings. The van der Waals surface area contributed by atoms with Crippen LogP contribution in [0.3, 0.4) is 0 Å². The molecule has 3 aromatic rings. The molecule has 0 saturated heterocycles. The number of aryl methyl sites for hydroxylation is 1. The van der Waals surface area contributed by atoms with Crippen molar-refractivity contribution in [1.29, 1.82) is 0 Å². The van der Waals surface area contributed by atoms with Gasteiger partial charge >= 0.3 is 0 Å². The van der Waals surface area contributed by atoms with Gasteiger partial charge in [-0.3, -0.25) is 0 Å². The van der Waals surface area contributed by atoms with Crippen molar-refractivity contribution in [1.82, 2.24) is 0 Å². The average Bonchev–Trinajstić information content (AvgIpc) is 2.67. The summed E-state index contributed by atoms with van der Waals surface area (Å²) in [5.74, 6) is 2.13. The van der Waals surface area contributed by atoms with Crippen LogP contribution in [0.1, 0.15) is 29.5 Å².